The van der Waals surface area contributed by atoms with E-state index in [0.29, 0.717) is 13.2 Å². The van der Waals surface area contributed by atoms with E-state index in [1.54, 1.807) is 7.11 Å². The van der Waals surface area contributed by atoms with Gasteiger partial charge in [-0.05, 0) is 20.8 Å². The number of carboxylic acids is 1. The summed E-state index contributed by atoms with van der Waals surface area (Å²) in [5.74, 6) is -2.46. The maximum Gasteiger partial charge on any atom is 0.315 e. The predicted molar refractivity (Wildman–Crippen MR) is 55.5 cm³/mol. The quantitative estimate of drug-likeness (QED) is 0.661. The van der Waals surface area contributed by atoms with Crippen molar-refractivity contribution in [2.24, 2.45) is 5.92 Å². The standard InChI is InChI=1S/C10H19NO4/c1-7(2)11(5-6-15-4)9(12)8(3)10(13)14/h7-8H,5-6H2,1-4H3,(H,13,14). The minimum atomic E-state index is -1.09. The van der Waals surface area contributed by atoms with Crippen molar-refractivity contribution in [1.29, 1.82) is 0 Å². The molecule has 0 saturated carbocycles. The van der Waals surface area contributed by atoms with Crippen LogP contribution in [-0.4, -0.2) is 48.2 Å². The lowest BCUT2D eigenvalue weighted by atomic mass is 10.1. The molecule has 0 aliphatic carbocycles. The van der Waals surface area contributed by atoms with Crippen LogP contribution in [0.5, 0.6) is 0 Å². The molecule has 0 saturated heterocycles. The molecule has 0 aromatic heterocycles. The number of ether oxygens (including phenoxy) is 1. The van der Waals surface area contributed by atoms with Gasteiger partial charge in [0.15, 0.2) is 0 Å². The number of carbonyl (C=O) groups excluding carboxylic acids is 1. The van der Waals surface area contributed by atoms with Gasteiger partial charge in [0.1, 0.15) is 5.92 Å². The van der Waals surface area contributed by atoms with Crippen LogP contribution in [0, 0.1) is 5.92 Å². The van der Waals surface area contributed by atoms with Crippen molar-refractivity contribution in [3.05, 3.63) is 0 Å². The van der Waals surface area contributed by atoms with E-state index in [2.05, 4.69) is 0 Å². The predicted octanol–water partition coefficient (Wildman–Crippen LogP) is 0.590. The number of nitrogens with zero attached hydrogens (tertiary/aromatic N) is 1. The molecule has 0 heterocycles. The fourth-order valence-corrected chi connectivity index (χ4v) is 1.17. The molecule has 1 atom stereocenters. The summed E-state index contributed by atoms with van der Waals surface area (Å²) in [6, 6.07) is -0.0190. The van der Waals surface area contributed by atoms with Crippen LogP contribution in [0.1, 0.15) is 20.8 Å². The first-order valence-corrected chi connectivity index (χ1v) is 4.94. The van der Waals surface area contributed by atoms with Gasteiger partial charge in [-0.3, -0.25) is 9.59 Å². The lowest BCUT2D eigenvalue weighted by Gasteiger charge is -2.27. The molecule has 1 unspecified atom stereocenters. The average molecular weight is 217 g/mol. The highest BCUT2D eigenvalue weighted by molar-refractivity contribution is 5.96. The number of methoxy groups -OCH3 is 1. The molecule has 0 spiro atoms. The lowest BCUT2D eigenvalue weighted by molar-refractivity contribution is -0.151. The van der Waals surface area contributed by atoms with E-state index in [1.807, 2.05) is 13.8 Å². The number of rotatable bonds is 6. The van der Waals surface area contributed by atoms with E-state index in [1.165, 1.54) is 11.8 Å². The van der Waals surface area contributed by atoms with Gasteiger partial charge in [-0.15, -0.1) is 0 Å². The molecule has 1 amide bonds. The van der Waals surface area contributed by atoms with Gasteiger partial charge in [-0.2, -0.15) is 0 Å². The van der Waals surface area contributed by atoms with Crippen LogP contribution in [0.2, 0.25) is 0 Å². The minimum absolute atomic E-state index is 0.0190. The second-order valence-electron chi connectivity index (χ2n) is 3.68. The van der Waals surface area contributed by atoms with Crippen molar-refractivity contribution in [2.45, 2.75) is 26.8 Å². The zero-order chi connectivity index (χ0) is 12.0. The second-order valence-corrected chi connectivity index (χ2v) is 3.68. The van der Waals surface area contributed by atoms with Gasteiger partial charge >= 0.3 is 5.97 Å². The maximum absolute atomic E-state index is 11.7. The van der Waals surface area contributed by atoms with Crippen molar-refractivity contribution in [1.82, 2.24) is 4.90 Å². The zero-order valence-corrected chi connectivity index (χ0v) is 9.69. The Bertz CT molecular complexity index is 227. The molecule has 0 aliphatic rings. The van der Waals surface area contributed by atoms with Gasteiger partial charge < -0.3 is 14.7 Å². The lowest BCUT2D eigenvalue weighted by Crippen LogP contribution is -2.44. The van der Waals surface area contributed by atoms with Crippen molar-refractivity contribution in [3.8, 4) is 0 Å². The second kappa shape index (κ2) is 6.40. The Morgan fingerprint density at radius 3 is 2.20 bits per heavy atom. The number of hydrogen-bond donors (Lipinski definition) is 1. The normalized spacial score (nSPS) is 12.6. The third-order valence-corrected chi connectivity index (χ3v) is 2.18. The van der Waals surface area contributed by atoms with Gasteiger partial charge in [0.2, 0.25) is 5.91 Å². The number of hydrogen-bond acceptors (Lipinski definition) is 3. The third-order valence-electron chi connectivity index (χ3n) is 2.18. The monoisotopic (exact) mass is 217 g/mol. The fraction of sp³-hybridized carbons (Fsp3) is 0.800. The number of aliphatic carboxylic acids is 1. The van der Waals surface area contributed by atoms with Crippen molar-refractivity contribution in [3.63, 3.8) is 0 Å². The molecule has 5 nitrogen and oxygen atoms in total. The Kier molecular flexibility index (Phi) is 5.93. The highest BCUT2D eigenvalue weighted by Gasteiger charge is 2.27. The number of carbonyl (C=O) groups is 2. The molecule has 0 aromatic carbocycles. The van der Waals surface area contributed by atoms with Crippen LogP contribution >= 0.6 is 0 Å². The molecule has 0 radical (unpaired) electrons. The SMILES string of the molecule is COCCN(C(=O)C(C)C(=O)O)C(C)C. The summed E-state index contributed by atoms with van der Waals surface area (Å²) in [6.45, 7) is 5.93. The maximum atomic E-state index is 11.7. The van der Waals surface area contributed by atoms with Gasteiger partial charge in [0.05, 0.1) is 6.61 Å². The smallest absolute Gasteiger partial charge is 0.315 e. The summed E-state index contributed by atoms with van der Waals surface area (Å²) < 4.78 is 4.87. The van der Waals surface area contributed by atoms with Crippen LogP contribution in [0.25, 0.3) is 0 Å². The van der Waals surface area contributed by atoms with Crippen molar-refractivity contribution < 1.29 is 19.4 Å². The average Bonchev–Trinajstić information content (AvgIpc) is 2.16. The molecule has 0 rings (SSSR count). The van der Waals surface area contributed by atoms with Gasteiger partial charge in [0, 0.05) is 19.7 Å². The van der Waals surface area contributed by atoms with Gasteiger partial charge in [-0.25, -0.2) is 0 Å². The summed E-state index contributed by atoms with van der Waals surface area (Å²) in [7, 11) is 1.55. The van der Waals surface area contributed by atoms with E-state index in [-0.39, 0.29) is 11.9 Å². The Morgan fingerprint density at radius 2 is 1.87 bits per heavy atom. The van der Waals surface area contributed by atoms with E-state index < -0.39 is 11.9 Å². The molecular weight excluding hydrogens is 198 g/mol. The Hall–Kier alpha value is -1.10. The molecule has 15 heavy (non-hydrogen) atoms. The van der Waals surface area contributed by atoms with Crippen LogP contribution in [0.3, 0.4) is 0 Å². The van der Waals surface area contributed by atoms with Crippen molar-refractivity contribution in [2.75, 3.05) is 20.3 Å². The molecule has 88 valence electrons. The van der Waals surface area contributed by atoms with Gasteiger partial charge in [-0.1, -0.05) is 0 Å². The summed E-state index contributed by atoms with van der Waals surface area (Å²) in [5.41, 5.74) is 0. The molecule has 0 aromatic rings. The Labute approximate surface area is 90.0 Å². The molecule has 0 aliphatic heterocycles. The molecule has 1 N–H and O–H groups in total. The summed E-state index contributed by atoms with van der Waals surface area (Å²) >= 11 is 0. The zero-order valence-electron chi connectivity index (χ0n) is 9.69. The van der Waals surface area contributed by atoms with Crippen LogP contribution in [0.4, 0.5) is 0 Å². The minimum Gasteiger partial charge on any atom is -0.481 e. The van der Waals surface area contributed by atoms with E-state index >= 15 is 0 Å². The van der Waals surface area contributed by atoms with Crippen LogP contribution in [0.15, 0.2) is 0 Å². The first kappa shape index (κ1) is 13.9. The van der Waals surface area contributed by atoms with Gasteiger partial charge in [0.25, 0.3) is 0 Å². The summed E-state index contributed by atoms with van der Waals surface area (Å²) in [4.78, 5) is 23.9. The van der Waals surface area contributed by atoms with Crippen LogP contribution < -0.4 is 0 Å². The van der Waals surface area contributed by atoms with E-state index in [4.69, 9.17) is 9.84 Å². The largest absolute Gasteiger partial charge is 0.481 e. The van der Waals surface area contributed by atoms with Crippen molar-refractivity contribution >= 4 is 11.9 Å². The summed E-state index contributed by atoms with van der Waals surface area (Å²) in [6.07, 6.45) is 0. The van der Waals surface area contributed by atoms with Crippen LogP contribution in [-0.2, 0) is 14.3 Å². The molecular formula is C10H19NO4. The highest BCUT2D eigenvalue weighted by atomic mass is 16.5. The molecule has 0 bridgehead atoms. The number of carboxylic acid groups (broad SMARTS) is 1. The number of amides is 1. The Balaban J connectivity index is 4.48. The first-order chi connectivity index (χ1) is 6.91. The Morgan fingerprint density at radius 1 is 1.33 bits per heavy atom. The topological polar surface area (TPSA) is 66.8 Å². The summed E-state index contributed by atoms with van der Waals surface area (Å²) in [5, 5.41) is 8.73. The van der Waals surface area contributed by atoms with E-state index in [9.17, 15) is 9.59 Å². The first-order valence-electron chi connectivity index (χ1n) is 4.94. The molecule has 5 heteroatoms. The van der Waals surface area contributed by atoms with E-state index in [0.717, 1.165) is 0 Å². The molecule has 0 fully saturated rings. The highest BCUT2D eigenvalue weighted by Crippen LogP contribution is 2.07. The third kappa shape index (κ3) is 4.29. The fourth-order valence-electron chi connectivity index (χ4n) is 1.17.